The van der Waals surface area contributed by atoms with Gasteiger partial charge < -0.3 is 10.0 Å². The fraction of sp³-hybridized carbons (Fsp3) is 0.444. The summed E-state index contributed by atoms with van der Waals surface area (Å²) in [6.45, 7) is 4.36. The zero-order valence-corrected chi connectivity index (χ0v) is 8.41. The molecule has 0 spiro atoms. The van der Waals surface area contributed by atoms with E-state index in [9.17, 15) is 4.79 Å². The van der Waals surface area contributed by atoms with Crippen LogP contribution in [0.4, 0.5) is 0 Å². The van der Waals surface area contributed by atoms with E-state index in [1.54, 1.807) is 6.08 Å². The van der Waals surface area contributed by atoms with Crippen LogP contribution in [0.15, 0.2) is 25.3 Å². The van der Waals surface area contributed by atoms with E-state index in [0.717, 1.165) is 0 Å². The van der Waals surface area contributed by atoms with E-state index in [1.807, 2.05) is 0 Å². The molecular weight excluding hydrogens is 196 g/mol. The summed E-state index contributed by atoms with van der Waals surface area (Å²) < 4.78 is 1.44. The minimum atomic E-state index is -0.116. The first-order valence-corrected chi connectivity index (χ1v) is 4.60. The molecule has 0 aliphatic rings. The summed E-state index contributed by atoms with van der Waals surface area (Å²) in [7, 11) is 0. The summed E-state index contributed by atoms with van der Waals surface area (Å²) in [5.74, 6) is -0.116. The van der Waals surface area contributed by atoms with Gasteiger partial charge in [-0.2, -0.15) is 5.10 Å². The van der Waals surface area contributed by atoms with Crippen molar-refractivity contribution in [3.8, 4) is 0 Å². The van der Waals surface area contributed by atoms with Crippen LogP contribution in [0.2, 0.25) is 0 Å². The Bertz CT molecular complexity index is 310. The van der Waals surface area contributed by atoms with Gasteiger partial charge in [0.2, 0.25) is 5.91 Å². The van der Waals surface area contributed by atoms with Gasteiger partial charge in [0.25, 0.3) is 0 Å². The standard InChI is InChI=1S/C9H14N4O2/c1-2-3-12(4-5-14)9(15)6-13-8-10-7-11-13/h2,7-8,14H,1,3-6H2. The molecule has 0 aliphatic heterocycles. The highest BCUT2D eigenvalue weighted by Gasteiger charge is 2.11. The lowest BCUT2D eigenvalue weighted by atomic mass is 10.4. The molecule has 0 aromatic carbocycles. The molecule has 1 heterocycles. The second-order valence-corrected chi connectivity index (χ2v) is 2.95. The van der Waals surface area contributed by atoms with Crippen molar-refractivity contribution in [2.75, 3.05) is 19.7 Å². The van der Waals surface area contributed by atoms with Crippen LogP contribution in [0.3, 0.4) is 0 Å². The number of rotatable bonds is 6. The first-order valence-electron chi connectivity index (χ1n) is 4.60. The van der Waals surface area contributed by atoms with Gasteiger partial charge >= 0.3 is 0 Å². The van der Waals surface area contributed by atoms with E-state index in [2.05, 4.69) is 16.7 Å². The first-order chi connectivity index (χ1) is 7.27. The normalized spacial score (nSPS) is 9.93. The Labute approximate surface area is 87.8 Å². The number of aromatic nitrogens is 3. The number of aliphatic hydroxyl groups excluding tert-OH is 1. The maximum absolute atomic E-state index is 11.7. The Hall–Kier alpha value is -1.69. The monoisotopic (exact) mass is 210 g/mol. The van der Waals surface area contributed by atoms with E-state index in [4.69, 9.17) is 5.11 Å². The van der Waals surface area contributed by atoms with Gasteiger partial charge in [-0.1, -0.05) is 6.08 Å². The molecule has 1 amide bonds. The van der Waals surface area contributed by atoms with Crippen molar-refractivity contribution < 1.29 is 9.90 Å². The molecule has 15 heavy (non-hydrogen) atoms. The van der Waals surface area contributed by atoms with Crippen molar-refractivity contribution in [2.45, 2.75) is 6.54 Å². The van der Waals surface area contributed by atoms with Crippen LogP contribution >= 0.6 is 0 Å². The summed E-state index contributed by atoms with van der Waals surface area (Å²) in [6.07, 6.45) is 4.47. The SMILES string of the molecule is C=CCN(CCO)C(=O)Cn1cncn1. The Morgan fingerprint density at radius 3 is 3.00 bits per heavy atom. The van der Waals surface area contributed by atoms with E-state index >= 15 is 0 Å². The molecule has 0 saturated carbocycles. The first kappa shape index (κ1) is 11.4. The third kappa shape index (κ3) is 3.51. The van der Waals surface area contributed by atoms with Gasteiger partial charge in [0.15, 0.2) is 0 Å². The van der Waals surface area contributed by atoms with Crippen molar-refractivity contribution in [3.63, 3.8) is 0 Å². The average Bonchev–Trinajstić information content (AvgIpc) is 2.70. The van der Waals surface area contributed by atoms with Gasteiger partial charge in [0, 0.05) is 13.1 Å². The summed E-state index contributed by atoms with van der Waals surface area (Å²) in [4.78, 5) is 16.9. The van der Waals surface area contributed by atoms with Crippen LogP contribution in [0.5, 0.6) is 0 Å². The zero-order valence-electron chi connectivity index (χ0n) is 8.41. The molecule has 1 N–H and O–H groups in total. The third-order valence-electron chi connectivity index (χ3n) is 1.84. The van der Waals surface area contributed by atoms with E-state index in [0.29, 0.717) is 13.1 Å². The third-order valence-corrected chi connectivity index (χ3v) is 1.84. The van der Waals surface area contributed by atoms with Crippen molar-refractivity contribution in [1.29, 1.82) is 0 Å². The Morgan fingerprint density at radius 2 is 2.47 bits per heavy atom. The molecule has 6 nitrogen and oxygen atoms in total. The lowest BCUT2D eigenvalue weighted by Crippen LogP contribution is -2.36. The lowest BCUT2D eigenvalue weighted by Gasteiger charge is -2.19. The molecule has 0 fully saturated rings. The van der Waals surface area contributed by atoms with Gasteiger partial charge in [-0.25, -0.2) is 9.67 Å². The maximum atomic E-state index is 11.7. The van der Waals surface area contributed by atoms with Gasteiger partial charge in [-0.3, -0.25) is 4.79 Å². The summed E-state index contributed by atoms with van der Waals surface area (Å²) in [5.41, 5.74) is 0. The largest absolute Gasteiger partial charge is 0.395 e. The summed E-state index contributed by atoms with van der Waals surface area (Å²) in [6, 6.07) is 0. The number of nitrogens with zero attached hydrogens (tertiary/aromatic N) is 4. The number of hydrogen-bond donors (Lipinski definition) is 1. The van der Waals surface area contributed by atoms with Crippen molar-refractivity contribution >= 4 is 5.91 Å². The minimum Gasteiger partial charge on any atom is -0.395 e. The Balaban J connectivity index is 2.52. The molecule has 1 aromatic rings. The van der Waals surface area contributed by atoms with Crippen molar-refractivity contribution in [3.05, 3.63) is 25.3 Å². The van der Waals surface area contributed by atoms with Crippen LogP contribution in [-0.4, -0.2) is 50.4 Å². The summed E-state index contributed by atoms with van der Waals surface area (Å²) >= 11 is 0. The molecule has 0 aliphatic carbocycles. The van der Waals surface area contributed by atoms with E-state index in [-0.39, 0.29) is 19.1 Å². The van der Waals surface area contributed by atoms with Gasteiger partial charge in [-0.15, -0.1) is 6.58 Å². The number of amides is 1. The van der Waals surface area contributed by atoms with E-state index < -0.39 is 0 Å². The lowest BCUT2D eigenvalue weighted by molar-refractivity contribution is -0.132. The number of carbonyl (C=O) groups is 1. The molecule has 0 bridgehead atoms. The van der Waals surface area contributed by atoms with Gasteiger partial charge in [-0.05, 0) is 0 Å². The zero-order chi connectivity index (χ0) is 11.1. The number of carbonyl (C=O) groups excluding carboxylic acids is 1. The Morgan fingerprint density at radius 1 is 1.67 bits per heavy atom. The fourth-order valence-electron chi connectivity index (χ4n) is 1.15. The second kappa shape index (κ2) is 5.92. The highest BCUT2D eigenvalue weighted by atomic mass is 16.3. The number of hydrogen-bond acceptors (Lipinski definition) is 4. The molecule has 82 valence electrons. The van der Waals surface area contributed by atoms with E-state index in [1.165, 1.54) is 22.2 Å². The smallest absolute Gasteiger partial charge is 0.244 e. The highest BCUT2D eigenvalue weighted by molar-refractivity contribution is 5.76. The average molecular weight is 210 g/mol. The summed E-state index contributed by atoms with van der Waals surface area (Å²) in [5, 5.41) is 12.6. The van der Waals surface area contributed by atoms with Gasteiger partial charge in [0.05, 0.1) is 6.61 Å². The van der Waals surface area contributed by atoms with Crippen LogP contribution in [0.1, 0.15) is 0 Å². The van der Waals surface area contributed by atoms with Crippen LogP contribution in [0, 0.1) is 0 Å². The van der Waals surface area contributed by atoms with Crippen LogP contribution in [-0.2, 0) is 11.3 Å². The molecule has 1 rings (SSSR count). The predicted octanol–water partition coefficient (Wildman–Crippen LogP) is -0.715. The molecule has 6 heteroatoms. The van der Waals surface area contributed by atoms with Crippen LogP contribution < -0.4 is 0 Å². The van der Waals surface area contributed by atoms with Gasteiger partial charge in [0.1, 0.15) is 19.2 Å². The Kier molecular flexibility index (Phi) is 4.49. The molecule has 0 saturated heterocycles. The molecule has 0 unspecified atom stereocenters. The van der Waals surface area contributed by atoms with Crippen molar-refractivity contribution in [1.82, 2.24) is 19.7 Å². The molecule has 0 radical (unpaired) electrons. The minimum absolute atomic E-state index is 0.0586. The molecular formula is C9H14N4O2. The maximum Gasteiger partial charge on any atom is 0.244 e. The number of aliphatic hydroxyl groups is 1. The fourth-order valence-corrected chi connectivity index (χ4v) is 1.15. The topological polar surface area (TPSA) is 71.2 Å². The molecule has 1 aromatic heterocycles. The van der Waals surface area contributed by atoms with Crippen LogP contribution in [0.25, 0.3) is 0 Å². The van der Waals surface area contributed by atoms with Crippen molar-refractivity contribution in [2.24, 2.45) is 0 Å². The second-order valence-electron chi connectivity index (χ2n) is 2.95. The quantitative estimate of drug-likeness (QED) is 0.629. The molecule has 0 atom stereocenters. The predicted molar refractivity (Wildman–Crippen MR) is 53.9 cm³/mol. The highest BCUT2D eigenvalue weighted by Crippen LogP contribution is 1.93.